The van der Waals surface area contributed by atoms with Crippen LogP contribution in [0.2, 0.25) is 0 Å². The van der Waals surface area contributed by atoms with Gasteiger partial charge in [0.25, 0.3) is 5.91 Å². The van der Waals surface area contributed by atoms with Crippen molar-refractivity contribution in [3.63, 3.8) is 0 Å². The largest absolute Gasteiger partial charge is 0.467 e. The van der Waals surface area contributed by atoms with Crippen molar-refractivity contribution in [1.29, 1.82) is 0 Å². The van der Waals surface area contributed by atoms with Gasteiger partial charge in [-0.05, 0) is 42.7 Å². The zero-order chi connectivity index (χ0) is 19.3. The Balaban J connectivity index is 1.39. The minimum absolute atomic E-state index is 0.117. The third-order valence-electron chi connectivity index (χ3n) is 4.56. The van der Waals surface area contributed by atoms with Gasteiger partial charge in [-0.2, -0.15) is 0 Å². The van der Waals surface area contributed by atoms with Gasteiger partial charge >= 0.3 is 0 Å². The van der Waals surface area contributed by atoms with Crippen LogP contribution in [0.5, 0.6) is 0 Å². The highest BCUT2D eigenvalue weighted by Crippen LogP contribution is 2.40. The summed E-state index contributed by atoms with van der Waals surface area (Å²) in [6.45, 7) is 4.94. The van der Waals surface area contributed by atoms with Gasteiger partial charge in [0, 0.05) is 23.8 Å². The number of carbonyl (C=O) groups excluding carboxylic acids is 1. The van der Waals surface area contributed by atoms with E-state index in [1.54, 1.807) is 24.1 Å². The van der Waals surface area contributed by atoms with Crippen molar-refractivity contribution in [2.24, 2.45) is 0 Å². The predicted octanol–water partition coefficient (Wildman–Crippen LogP) is 4.16. The highest BCUT2D eigenvalue weighted by molar-refractivity contribution is 7.98. The van der Waals surface area contributed by atoms with Crippen LogP contribution in [0.15, 0.2) is 64.9 Å². The molecule has 0 spiro atoms. The topological polar surface area (TPSA) is 73.0 Å². The normalized spacial score (nSPS) is 13.4. The zero-order valence-corrected chi connectivity index (χ0v) is 16.3. The van der Waals surface area contributed by atoms with Crippen molar-refractivity contribution >= 4 is 17.7 Å². The molecule has 1 aromatic carbocycles. The Kier molecular flexibility index (Phi) is 5.62. The minimum atomic E-state index is -0.117. The molecule has 0 radical (unpaired) electrons. The molecule has 0 saturated heterocycles. The van der Waals surface area contributed by atoms with Gasteiger partial charge in [0.1, 0.15) is 11.6 Å². The Morgan fingerprint density at radius 1 is 1.32 bits per heavy atom. The van der Waals surface area contributed by atoms with Gasteiger partial charge in [-0.25, -0.2) is 0 Å². The fraction of sp³-hybridized carbons (Fsp3) is 0.286. The number of nitrogens with zero attached hydrogens (tertiary/aromatic N) is 3. The van der Waals surface area contributed by atoms with Gasteiger partial charge in [0.2, 0.25) is 0 Å². The smallest absolute Gasteiger partial charge is 0.251 e. The maximum Gasteiger partial charge on any atom is 0.251 e. The fourth-order valence-electron chi connectivity index (χ4n) is 2.98. The van der Waals surface area contributed by atoms with Crippen molar-refractivity contribution in [2.45, 2.75) is 42.8 Å². The van der Waals surface area contributed by atoms with E-state index >= 15 is 0 Å². The first-order chi connectivity index (χ1) is 13.7. The lowest BCUT2D eigenvalue weighted by Crippen LogP contribution is -2.22. The molecule has 0 aliphatic heterocycles. The number of rotatable bonds is 9. The zero-order valence-electron chi connectivity index (χ0n) is 15.5. The molecule has 0 unspecified atom stereocenters. The van der Waals surface area contributed by atoms with E-state index in [9.17, 15) is 4.79 Å². The van der Waals surface area contributed by atoms with E-state index in [4.69, 9.17) is 4.42 Å². The Hall–Kier alpha value is -2.80. The summed E-state index contributed by atoms with van der Waals surface area (Å²) >= 11 is 1.63. The van der Waals surface area contributed by atoms with Crippen molar-refractivity contribution in [1.82, 2.24) is 20.1 Å². The number of aromatic nitrogens is 3. The molecule has 2 heterocycles. The Bertz CT molecular complexity index is 961. The third kappa shape index (κ3) is 4.36. The van der Waals surface area contributed by atoms with Gasteiger partial charge in [-0.1, -0.05) is 30.0 Å². The Morgan fingerprint density at radius 3 is 2.96 bits per heavy atom. The second-order valence-corrected chi connectivity index (χ2v) is 7.71. The number of benzene rings is 1. The lowest BCUT2D eigenvalue weighted by molar-refractivity contribution is 0.0948. The standard InChI is InChI=1S/C21H22N4O2S/c1-2-10-25-19(16-8-9-16)23-24-21(25)28-14-15-5-3-6-17(12-15)20(26)22-13-18-7-4-11-27-18/h2-7,11-12,16H,1,8-10,13-14H2,(H,22,26). The monoisotopic (exact) mass is 394 g/mol. The molecule has 0 atom stereocenters. The maximum absolute atomic E-state index is 12.4. The van der Waals surface area contributed by atoms with Crippen LogP contribution < -0.4 is 5.32 Å². The lowest BCUT2D eigenvalue weighted by atomic mass is 10.1. The highest BCUT2D eigenvalue weighted by Gasteiger charge is 2.30. The van der Waals surface area contributed by atoms with Crippen LogP contribution in [-0.4, -0.2) is 20.7 Å². The summed E-state index contributed by atoms with van der Waals surface area (Å²) in [5.41, 5.74) is 1.70. The van der Waals surface area contributed by atoms with Gasteiger partial charge in [-0.3, -0.25) is 4.79 Å². The van der Waals surface area contributed by atoms with Crippen molar-refractivity contribution in [2.75, 3.05) is 0 Å². The van der Waals surface area contributed by atoms with E-state index in [-0.39, 0.29) is 5.91 Å². The summed E-state index contributed by atoms with van der Waals surface area (Å²) < 4.78 is 7.39. The number of hydrogen-bond acceptors (Lipinski definition) is 5. The van der Waals surface area contributed by atoms with Crippen LogP contribution in [0.4, 0.5) is 0 Å². The first-order valence-electron chi connectivity index (χ1n) is 9.31. The molecule has 1 amide bonds. The molecule has 6 nitrogen and oxygen atoms in total. The molecule has 7 heteroatoms. The number of carbonyl (C=O) groups is 1. The first kappa shape index (κ1) is 18.6. The van der Waals surface area contributed by atoms with Crippen LogP contribution in [0.1, 0.15) is 46.3 Å². The van der Waals surface area contributed by atoms with E-state index in [1.807, 2.05) is 36.4 Å². The molecule has 4 rings (SSSR count). The SMILES string of the molecule is C=CCn1c(SCc2cccc(C(=O)NCc3ccco3)c2)nnc1C1CC1. The summed E-state index contributed by atoms with van der Waals surface area (Å²) in [5, 5.41) is 12.5. The van der Waals surface area contributed by atoms with Crippen LogP contribution in [0.3, 0.4) is 0 Å². The second-order valence-electron chi connectivity index (χ2n) is 6.77. The van der Waals surface area contributed by atoms with Gasteiger partial charge < -0.3 is 14.3 Å². The van der Waals surface area contributed by atoms with E-state index in [0.717, 1.165) is 34.6 Å². The molecule has 1 N–H and O–H groups in total. The van der Waals surface area contributed by atoms with E-state index < -0.39 is 0 Å². The number of hydrogen-bond donors (Lipinski definition) is 1. The molecule has 2 aromatic heterocycles. The molecule has 144 valence electrons. The van der Waals surface area contributed by atoms with Crippen molar-refractivity contribution in [3.8, 4) is 0 Å². The second kappa shape index (κ2) is 8.48. The highest BCUT2D eigenvalue weighted by atomic mass is 32.2. The lowest BCUT2D eigenvalue weighted by Gasteiger charge is -2.08. The molecule has 3 aromatic rings. The summed E-state index contributed by atoms with van der Waals surface area (Å²) in [4.78, 5) is 12.4. The van der Waals surface area contributed by atoms with Gasteiger partial charge in [0.05, 0.1) is 12.8 Å². The summed E-state index contributed by atoms with van der Waals surface area (Å²) in [7, 11) is 0. The number of furan rings is 1. The summed E-state index contributed by atoms with van der Waals surface area (Å²) in [6.07, 6.45) is 5.85. The van der Waals surface area contributed by atoms with Gasteiger partial charge in [0.15, 0.2) is 5.16 Å². The number of allylic oxidation sites excluding steroid dienone is 1. The molecule has 1 aliphatic carbocycles. The number of thioether (sulfide) groups is 1. The van der Waals surface area contributed by atoms with Crippen LogP contribution in [0, 0.1) is 0 Å². The summed E-state index contributed by atoms with van der Waals surface area (Å²) in [6, 6.07) is 11.3. The molecule has 1 fully saturated rings. The first-order valence-corrected chi connectivity index (χ1v) is 10.3. The number of amides is 1. The number of nitrogens with one attached hydrogen (secondary N) is 1. The molecule has 28 heavy (non-hydrogen) atoms. The molecule has 1 aliphatic rings. The van der Waals surface area contributed by atoms with Crippen LogP contribution in [0.25, 0.3) is 0 Å². The van der Waals surface area contributed by atoms with Crippen LogP contribution in [-0.2, 0) is 18.8 Å². The van der Waals surface area contributed by atoms with Crippen LogP contribution >= 0.6 is 11.8 Å². The molecule has 0 bridgehead atoms. The van der Waals surface area contributed by atoms with E-state index in [1.165, 1.54) is 12.8 Å². The quantitative estimate of drug-likeness (QED) is 0.436. The Morgan fingerprint density at radius 2 is 2.21 bits per heavy atom. The third-order valence-corrected chi connectivity index (χ3v) is 5.60. The molecular weight excluding hydrogens is 372 g/mol. The van der Waals surface area contributed by atoms with Crippen molar-refractivity contribution in [3.05, 3.63) is 78.0 Å². The predicted molar refractivity (Wildman–Crippen MR) is 108 cm³/mol. The van der Waals surface area contributed by atoms with E-state index in [0.29, 0.717) is 18.0 Å². The Labute approximate surface area is 168 Å². The average molecular weight is 395 g/mol. The van der Waals surface area contributed by atoms with Gasteiger partial charge in [-0.15, -0.1) is 16.8 Å². The van der Waals surface area contributed by atoms with E-state index in [2.05, 4.69) is 26.7 Å². The minimum Gasteiger partial charge on any atom is -0.467 e. The summed E-state index contributed by atoms with van der Waals surface area (Å²) in [5.74, 6) is 2.94. The molecular formula is C21H22N4O2S. The average Bonchev–Trinajstić information content (AvgIpc) is 3.27. The van der Waals surface area contributed by atoms with Crippen molar-refractivity contribution < 1.29 is 9.21 Å². The maximum atomic E-state index is 12.4. The molecule has 1 saturated carbocycles. The fourth-order valence-corrected chi connectivity index (χ4v) is 3.88.